The van der Waals surface area contributed by atoms with Crippen LogP contribution in [-0.2, 0) is 9.53 Å². The molecular formula is C12H18N2O3S. The lowest BCUT2D eigenvalue weighted by Gasteiger charge is -2.06. The number of amides is 2. The predicted octanol–water partition coefficient (Wildman–Crippen LogP) is 1.02. The van der Waals surface area contributed by atoms with Gasteiger partial charge in [0.1, 0.15) is 0 Å². The molecule has 0 unspecified atom stereocenters. The van der Waals surface area contributed by atoms with Gasteiger partial charge in [0.05, 0.1) is 11.4 Å². The molecule has 0 atom stereocenters. The second kappa shape index (κ2) is 8.66. The van der Waals surface area contributed by atoms with Crippen molar-refractivity contribution in [2.24, 2.45) is 0 Å². The Morgan fingerprint density at radius 1 is 1.39 bits per heavy atom. The maximum Gasteiger partial charge on any atom is 0.261 e. The number of carbonyl (C=O) groups is 2. The van der Waals surface area contributed by atoms with Gasteiger partial charge in [-0.1, -0.05) is 6.07 Å². The molecule has 1 rings (SSSR count). The Bertz CT molecular complexity index is 365. The highest BCUT2D eigenvalue weighted by molar-refractivity contribution is 7.12. The molecule has 0 aliphatic rings. The van der Waals surface area contributed by atoms with Gasteiger partial charge in [-0.25, -0.2) is 0 Å². The molecule has 0 aromatic carbocycles. The van der Waals surface area contributed by atoms with E-state index in [0.29, 0.717) is 24.6 Å². The summed E-state index contributed by atoms with van der Waals surface area (Å²) in [6, 6.07) is 3.52. The third kappa shape index (κ3) is 5.79. The van der Waals surface area contributed by atoms with Gasteiger partial charge in [0, 0.05) is 19.8 Å². The average Bonchev–Trinajstić information content (AvgIpc) is 2.89. The minimum atomic E-state index is -0.213. The van der Waals surface area contributed by atoms with E-state index < -0.39 is 0 Å². The maximum absolute atomic E-state index is 11.5. The van der Waals surface area contributed by atoms with Gasteiger partial charge >= 0.3 is 0 Å². The van der Waals surface area contributed by atoms with Crippen LogP contribution in [0.1, 0.15) is 23.0 Å². The topological polar surface area (TPSA) is 67.4 Å². The van der Waals surface area contributed by atoms with E-state index in [2.05, 4.69) is 10.6 Å². The molecule has 0 saturated heterocycles. The first-order valence-electron chi connectivity index (χ1n) is 5.90. The molecule has 2 N–H and O–H groups in total. The largest absolute Gasteiger partial charge is 0.382 e. The Labute approximate surface area is 111 Å². The lowest BCUT2D eigenvalue weighted by molar-refractivity contribution is -0.120. The van der Waals surface area contributed by atoms with Crippen molar-refractivity contribution in [1.29, 1.82) is 0 Å². The highest BCUT2D eigenvalue weighted by Gasteiger charge is 2.07. The van der Waals surface area contributed by atoms with Crippen LogP contribution in [0.4, 0.5) is 0 Å². The van der Waals surface area contributed by atoms with Gasteiger partial charge in [-0.15, -0.1) is 11.3 Å². The summed E-state index contributed by atoms with van der Waals surface area (Å²) < 4.78 is 5.14. The third-order valence-corrected chi connectivity index (χ3v) is 3.01. The van der Waals surface area contributed by atoms with Crippen LogP contribution in [0.15, 0.2) is 17.5 Å². The smallest absolute Gasteiger partial charge is 0.261 e. The van der Waals surface area contributed by atoms with E-state index in [-0.39, 0.29) is 18.4 Å². The first-order valence-corrected chi connectivity index (χ1v) is 6.78. The molecule has 18 heavy (non-hydrogen) atoms. The molecule has 0 bridgehead atoms. The lowest BCUT2D eigenvalue weighted by Crippen LogP contribution is -2.37. The summed E-state index contributed by atoms with van der Waals surface area (Å²) >= 11 is 1.35. The van der Waals surface area contributed by atoms with Crippen LogP contribution in [-0.4, -0.2) is 38.1 Å². The summed E-state index contributed by atoms with van der Waals surface area (Å²) in [5.74, 6) is -0.397. The second-order valence-electron chi connectivity index (χ2n) is 3.56. The van der Waals surface area contributed by atoms with Gasteiger partial charge < -0.3 is 15.4 Å². The third-order valence-electron chi connectivity index (χ3n) is 2.15. The highest BCUT2D eigenvalue weighted by Crippen LogP contribution is 2.07. The summed E-state index contributed by atoms with van der Waals surface area (Å²) in [4.78, 5) is 23.5. The Balaban J connectivity index is 2.08. The Morgan fingerprint density at radius 2 is 2.22 bits per heavy atom. The first-order chi connectivity index (χ1) is 8.74. The van der Waals surface area contributed by atoms with Crippen molar-refractivity contribution in [2.45, 2.75) is 13.3 Å². The summed E-state index contributed by atoms with van der Waals surface area (Å²) in [5, 5.41) is 7.10. The fourth-order valence-corrected chi connectivity index (χ4v) is 1.90. The number of nitrogens with one attached hydrogen (secondary N) is 2. The van der Waals surface area contributed by atoms with E-state index in [4.69, 9.17) is 4.74 Å². The van der Waals surface area contributed by atoms with Gasteiger partial charge in [0.15, 0.2) is 0 Å². The van der Waals surface area contributed by atoms with Crippen molar-refractivity contribution < 1.29 is 14.3 Å². The van der Waals surface area contributed by atoms with Crippen molar-refractivity contribution in [3.8, 4) is 0 Å². The molecule has 0 aliphatic heterocycles. The van der Waals surface area contributed by atoms with E-state index >= 15 is 0 Å². The van der Waals surface area contributed by atoms with Crippen molar-refractivity contribution in [3.05, 3.63) is 22.4 Å². The molecule has 1 heterocycles. The van der Waals surface area contributed by atoms with Crippen LogP contribution in [0.2, 0.25) is 0 Å². The zero-order valence-corrected chi connectivity index (χ0v) is 11.2. The van der Waals surface area contributed by atoms with Crippen molar-refractivity contribution in [2.75, 3.05) is 26.3 Å². The Morgan fingerprint density at radius 3 is 2.89 bits per heavy atom. The van der Waals surface area contributed by atoms with Crippen LogP contribution in [0.5, 0.6) is 0 Å². The van der Waals surface area contributed by atoms with Crippen LogP contribution in [0.25, 0.3) is 0 Å². The van der Waals surface area contributed by atoms with E-state index in [1.807, 2.05) is 12.3 Å². The van der Waals surface area contributed by atoms with Crippen LogP contribution >= 0.6 is 11.3 Å². The van der Waals surface area contributed by atoms with Crippen molar-refractivity contribution >= 4 is 23.2 Å². The molecule has 1 aromatic rings. The van der Waals surface area contributed by atoms with Gasteiger partial charge in [-0.3, -0.25) is 9.59 Å². The number of carbonyl (C=O) groups excluding carboxylic acids is 2. The minimum Gasteiger partial charge on any atom is -0.382 e. The molecular weight excluding hydrogens is 252 g/mol. The monoisotopic (exact) mass is 270 g/mol. The summed E-state index contributed by atoms with van der Waals surface area (Å²) in [5.41, 5.74) is 0. The normalized spacial score (nSPS) is 10.1. The number of thiophene rings is 1. The molecule has 0 spiro atoms. The number of rotatable bonds is 8. The number of hydrogen-bond donors (Lipinski definition) is 2. The zero-order chi connectivity index (χ0) is 13.2. The maximum atomic E-state index is 11.5. The second-order valence-corrected chi connectivity index (χ2v) is 4.51. The summed E-state index contributed by atoms with van der Waals surface area (Å²) in [6.45, 7) is 3.82. The van der Waals surface area contributed by atoms with Crippen molar-refractivity contribution in [1.82, 2.24) is 10.6 Å². The van der Waals surface area contributed by atoms with Gasteiger partial charge in [0.2, 0.25) is 5.91 Å². The fourth-order valence-electron chi connectivity index (χ4n) is 1.26. The van der Waals surface area contributed by atoms with E-state index in [1.54, 1.807) is 12.1 Å². The minimum absolute atomic E-state index is 0.00533. The number of ether oxygens (including phenoxy) is 1. The summed E-state index contributed by atoms with van der Waals surface area (Å²) in [6.07, 6.45) is 0.776. The first kappa shape index (κ1) is 14.7. The van der Waals surface area contributed by atoms with Crippen LogP contribution in [0.3, 0.4) is 0 Å². The average molecular weight is 270 g/mol. The van der Waals surface area contributed by atoms with Gasteiger partial charge in [0.25, 0.3) is 5.91 Å². The molecule has 0 fully saturated rings. The zero-order valence-electron chi connectivity index (χ0n) is 10.4. The standard InChI is InChI=1S/C12H18N2O3S/c1-2-17-7-4-6-13-11(15)9-14-12(16)10-5-3-8-18-10/h3,5,8H,2,4,6-7,9H2,1H3,(H,13,15)(H,14,16). The molecule has 5 nitrogen and oxygen atoms in total. The summed E-state index contributed by atoms with van der Waals surface area (Å²) in [7, 11) is 0. The van der Waals surface area contributed by atoms with Crippen LogP contribution < -0.4 is 10.6 Å². The molecule has 2 amide bonds. The molecule has 100 valence electrons. The lowest BCUT2D eigenvalue weighted by atomic mass is 10.4. The quantitative estimate of drug-likeness (QED) is 0.693. The van der Waals surface area contributed by atoms with E-state index in [1.165, 1.54) is 11.3 Å². The Kier molecular flexibility index (Phi) is 7.05. The van der Waals surface area contributed by atoms with Gasteiger partial charge in [-0.05, 0) is 24.8 Å². The van der Waals surface area contributed by atoms with E-state index in [0.717, 1.165) is 6.42 Å². The van der Waals surface area contributed by atoms with Crippen LogP contribution in [0, 0.1) is 0 Å². The SMILES string of the molecule is CCOCCCNC(=O)CNC(=O)c1cccs1. The molecule has 6 heteroatoms. The Hall–Kier alpha value is -1.40. The highest BCUT2D eigenvalue weighted by atomic mass is 32.1. The van der Waals surface area contributed by atoms with Crippen molar-refractivity contribution in [3.63, 3.8) is 0 Å². The van der Waals surface area contributed by atoms with Gasteiger partial charge in [-0.2, -0.15) is 0 Å². The number of hydrogen-bond acceptors (Lipinski definition) is 4. The molecule has 0 aliphatic carbocycles. The predicted molar refractivity (Wildman–Crippen MR) is 70.8 cm³/mol. The molecule has 0 radical (unpaired) electrons. The fraction of sp³-hybridized carbons (Fsp3) is 0.500. The van der Waals surface area contributed by atoms with E-state index in [9.17, 15) is 9.59 Å². The molecule has 1 aromatic heterocycles. The molecule has 0 saturated carbocycles.